The maximum Gasteiger partial charge on any atom is 0.230 e. The number of hydrogen-bond acceptors (Lipinski definition) is 7. The number of rotatable bonds is 7. The minimum atomic E-state index is -0.0296. The number of ether oxygens (including phenoxy) is 1. The van der Waals surface area contributed by atoms with Crippen molar-refractivity contribution in [2.24, 2.45) is 0 Å². The van der Waals surface area contributed by atoms with E-state index >= 15 is 0 Å². The highest BCUT2D eigenvalue weighted by Crippen LogP contribution is 2.24. The fourth-order valence-electron chi connectivity index (χ4n) is 2.69. The van der Waals surface area contributed by atoms with Crippen molar-refractivity contribution >= 4 is 52.2 Å². The summed E-state index contributed by atoms with van der Waals surface area (Å²) in [5.74, 6) is 0.298. The smallest absolute Gasteiger partial charge is 0.230 e. The molecule has 0 aliphatic carbocycles. The summed E-state index contributed by atoms with van der Waals surface area (Å²) in [4.78, 5) is 14.3. The van der Waals surface area contributed by atoms with E-state index in [0.717, 1.165) is 34.5 Å². The van der Waals surface area contributed by atoms with Crippen LogP contribution in [0.5, 0.6) is 0 Å². The molecular formula is C17H20Cl2N4O2S2. The predicted octanol–water partition coefficient (Wildman–Crippen LogP) is 3.26. The number of aromatic nitrogens is 2. The summed E-state index contributed by atoms with van der Waals surface area (Å²) in [7, 11) is 0. The van der Waals surface area contributed by atoms with E-state index in [1.54, 1.807) is 0 Å². The number of aryl methyl sites for hydroxylation is 1. The molecule has 0 bridgehead atoms. The third-order valence-corrected chi connectivity index (χ3v) is 6.69. The second-order valence-corrected chi connectivity index (χ2v) is 9.37. The molecule has 1 atom stereocenters. The van der Waals surface area contributed by atoms with E-state index in [0.29, 0.717) is 28.9 Å². The molecule has 1 aliphatic heterocycles. The standard InChI is InChI=1S/C17H20Cl2N4O2S2/c1-11-21-22-17(27-11)26-10-16(24)20-7-13-9-23(4-5-25-13)8-12-2-3-14(18)15(19)6-12/h2-3,6,13H,4-5,7-10H2,1H3,(H,20,24)/t13-/m0/s1. The minimum absolute atomic E-state index is 0.0285. The Morgan fingerprint density at radius 2 is 2.26 bits per heavy atom. The number of thioether (sulfide) groups is 1. The minimum Gasteiger partial charge on any atom is -0.374 e. The number of halogens is 2. The molecule has 146 valence electrons. The van der Waals surface area contributed by atoms with Crippen molar-refractivity contribution in [2.75, 3.05) is 32.0 Å². The Bertz CT molecular complexity index is 790. The highest BCUT2D eigenvalue weighted by molar-refractivity contribution is 8.01. The summed E-state index contributed by atoms with van der Waals surface area (Å²) in [6, 6.07) is 5.68. The molecule has 2 heterocycles. The molecule has 1 saturated heterocycles. The van der Waals surface area contributed by atoms with Crippen LogP contribution in [-0.4, -0.2) is 59.1 Å². The first-order valence-electron chi connectivity index (χ1n) is 8.47. The van der Waals surface area contributed by atoms with Crippen molar-refractivity contribution < 1.29 is 9.53 Å². The van der Waals surface area contributed by atoms with Gasteiger partial charge in [0.05, 0.1) is 28.5 Å². The Morgan fingerprint density at radius 1 is 1.41 bits per heavy atom. The van der Waals surface area contributed by atoms with Gasteiger partial charge < -0.3 is 10.1 Å². The molecule has 0 radical (unpaired) electrons. The van der Waals surface area contributed by atoms with Crippen molar-refractivity contribution in [1.82, 2.24) is 20.4 Å². The Labute approximate surface area is 176 Å². The lowest BCUT2D eigenvalue weighted by atomic mass is 10.2. The quantitative estimate of drug-likeness (QED) is 0.658. The summed E-state index contributed by atoms with van der Waals surface area (Å²) in [5.41, 5.74) is 1.11. The van der Waals surface area contributed by atoms with Gasteiger partial charge in [-0.05, 0) is 24.6 Å². The van der Waals surface area contributed by atoms with Crippen molar-refractivity contribution in [3.05, 3.63) is 38.8 Å². The molecule has 3 rings (SSSR count). The van der Waals surface area contributed by atoms with E-state index in [9.17, 15) is 4.79 Å². The van der Waals surface area contributed by atoms with Crippen LogP contribution in [0, 0.1) is 6.92 Å². The first-order chi connectivity index (χ1) is 13.0. The highest BCUT2D eigenvalue weighted by atomic mass is 35.5. The summed E-state index contributed by atoms with van der Waals surface area (Å²) in [6.45, 7) is 5.40. The largest absolute Gasteiger partial charge is 0.374 e. The molecule has 1 N–H and O–H groups in total. The van der Waals surface area contributed by atoms with Gasteiger partial charge in [-0.15, -0.1) is 10.2 Å². The van der Waals surface area contributed by atoms with E-state index in [2.05, 4.69) is 20.4 Å². The van der Waals surface area contributed by atoms with Crippen molar-refractivity contribution in [2.45, 2.75) is 23.9 Å². The molecule has 0 spiro atoms. The van der Waals surface area contributed by atoms with E-state index in [1.807, 2.05) is 25.1 Å². The van der Waals surface area contributed by atoms with Gasteiger partial charge in [-0.2, -0.15) is 0 Å². The second-order valence-electron chi connectivity index (χ2n) is 6.16. The van der Waals surface area contributed by atoms with Gasteiger partial charge in [0.25, 0.3) is 0 Å². The van der Waals surface area contributed by atoms with Crippen LogP contribution in [0.3, 0.4) is 0 Å². The zero-order valence-corrected chi connectivity index (χ0v) is 17.9. The fourth-order valence-corrected chi connectivity index (χ4v) is 4.65. The predicted molar refractivity (Wildman–Crippen MR) is 110 cm³/mol. The van der Waals surface area contributed by atoms with Crippen LogP contribution in [0.4, 0.5) is 0 Å². The van der Waals surface area contributed by atoms with E-state index in [4.69, 9.17) is 27.9 Å². The van der Waals surface area contributed by atoms with Gasteiger partial charge in [-0.25, -0.2) is 0 Å². The fraction of sp³-hybridized carbons (Fsp3) is 0.471. The normalized spacial score (nSPS) is 17.8. The Morgan fingerprint density at radius 3 is 3.00 bits per heavy atom. The lowest BCUT2D eigenvalue weighted by molar-refractivity contribution is -0.119. The third-order valence-electron chi connectivity index (χ3n) is 3.97. The van der Waals surface area contributed by atoms with Gasteiger partial charge in [0.1, 0.15) is 5.01 Å². The zero-order chi connectivity index (χ0) is 19.2. The summed E-state index contributed by atoms with van der Waals surface area (Å²) in [6.07, 6.45) is -0.0285. The van der Waals surface area contributed by atoms with Crippen molar-refractivity contribution in [1.29, 1.82) is 0 Å². The summed E-state index contributed by atoms with van der Waals surface area (Å²) >= 11 is 14.9. The average Bonchev–Trinajstić information content (AvgIpc) is 3.07. The number of nitrogens with zero attached hydrogens (tertiary/aromatic N) is 3. The third kappa shape index (κ3) is 6.58. The maximum atomic E-state index is 12.0. The SMILES string of the molecule is Cc1nnc(SCC(=O)NC[C@H]2CN(Cc3ccc(Cl)c(Cl)c3)CCO2)s1. The van der Waals surface area contributed by atoms with Crippen LogP contribution >= 0.6 is 46.3 Å². The van der Waals surface area contributed by atoms with Gasteiger partial charge in [0.2, 0.25) is 5.91 Å². The molecule has 10 heteroatoms. The maximum absolute atomic E-state index is 12.0. The number of nitrogens with one attached hydrogen (secondary N) is 1. The number of carbonyl (C=O) groups is 1. The van der Waals surface area contributed by atoms with Crippen LogP contribution in [-0.2, 0) is 16.1 Å². The van der Waals surface area contributed by atoms with Crippen LogP contribution in [0.1, 0.15) is 10.6 Å². The highest BCUT2D eigenvalue weighted by Gasteiger charge is 2.21. The molecule has 6 nitrogen and oxygen atoms in total. The molecule has 1 aromatic carbocycles. The van der Waals surface area contributed by atoms with Crippen LogP contribution in [0.25, 0.3) is 0 Å². The lowest BCUT2D eigenvalue weighted by Crippen LogP contribution is -2.47. The molecule has 0 saturated carbocycles. The monoisotopic (exact) mass is 446 g/mol. The number of benzene rings is 1. The van der Waals surface area contributed by atoms with Crippen LogP contribution in [0.2, 0.25) is 10.0 Å². The van der Waals surface area contributed by atoms with Crippen LogP contribution in [0.15, 0.2) is 22.5 Å². The molecule has 1 amide bonds. The van der Waals surface area contributed by atoms with E-state index in [1.165, 1.54) is 23.1 Å². The summed E-state index contributed by atoms with van der Waals surface area (Å²) < 4.78 is 6.58. The van der Waals surface area contributed by atoms with E-state index < -0.39 is 0 Å². The van der Waals surface area contributed by atoms with Gasteiger partial charge >= 0.3 is 0 Å². The Hall–Kier alpha value is -0.900. The van der Waals surface area contributed by atoms with Crippen molar-refractivity contribution in [3.8, 4) is 0 Å². The first-order valence-corrected chi connectivity index (χ1v) is 11.0. The molecule has 1 fully saturated rings. The van der Waals surface area contributed by atoms with Gasteiger partial charge in [-0.3, -0.25) is 9.69 Å². The topological polar surface area (TPSA) is 67.4 Å². The van der Waals surface area contributed by atoms with E-state index in [-0.39, 0.29) is 12.0 Å². The Kier molecular flexibility index (Phi) is 7.75. The summed E-state index contributed by atoms with van der Waals surface area (Å²) in [5, 5.41) is 12.9. The molecule has 1 aromatic heterocycles. The molecule has 1 aliphatic rings. The zero-order valence-electron chi connectivity index (χ0n) is 14.8. The number of amides is 1. The molecule has 0 unspecified atom stereocenters. The van der Waals surface area contributed by atoms with Gasteiger partial charge in [0.15, 0.2) is 4.34 Å². The molecular weight excluding hydrogens is 427 g/mol. The molecule has 27 heavy (non-hydrogen) atoms. The number of carbonyl (C=O) groups excluding carboxylic acids is 1. The van der Waals surface area contributed by atoms with Crippen LogP contribution < -0.4 is 5.32 Å². The van der Waals surface area contributed by atoms with Crippen molar-refractivity contribution in [3.63, 3.8) is 0 Å². The van der Waals surface area contributed by atoms with Gasteiger partial charge in [0, 0.05) is 26.2 Å². The second kappa shape index (κ2) is 10.0. The first kappa shape index (κ1) is 20.8. The average molecular weight is 447 g/mol. The Balaban J connectivity index is 1.41. The number of morpholine rings is 1. The number of hydrogen-bond donors (Lipinski definition) is 1. The van der Waals surface area contributed by atoms with Gasteiger partial charge in [-0.1, -0.05) is 52.4 Å². The lowest BCUT2D eigenvalue weighted by Gasteiger charge is -2.33. The molecule has 2 aromatic rings.